The van der Waals surface area contributed by atoms with Crippen LogP contribution >= 0.6 is 11.3 Å². The number of nitrogens with two attached hydrogens (primary N) is 1. The number of nitrogens with zero attached hydrogens (tertiary/aromatic N) is 2. The van der Waals surface area contributed by atoms with Crippen LogP contribution in [0.15, 0.2) is 34.4 Å². The van der Waals surface area contributed by atoms with Gasteiger partial charge in [0.15, 0.2) is 4.96 Å². The second-order valence-corrected chi connectivity index (χ2v) is 6.05. The van der Waals surface area contributed by atoms with Crippen LogP contribution in [0.1, 0.15) is 24.4 Å². The molecular weight excluding hydrogens is 346 g/mol. The van der Waals surface area contributed by atoms with E-state index in [-0.39, 0.29) is 21.8 Å². The Bertz CT molecular complexity index is 975. The Hall–Kier alpha value is -2.26. The molecule has 1 unspecified atom stereocenters. The second-order valence-electron chi connectivity index (χ2n) is 5.21. The number of fused-ring (bicyclic) bond motifs is 1. The van der Waals surface area contributed by atoms with E-state index in [2.05, 4.69) is 4.98 Å². The summed E-state index contributed by atoms with van der Waals surface area (Å²) < 4.78 is 53.4. The van der Waals surface area contributed by atoms with Crippen molar-refractivity contribution in [1.82, 2.24) is 9.38 Å². The summed E-state index contributed by atoms with van der Waals surface area (Å²) in [5.41, 5.74) is 3.90. The quantitative estimate of drug-likeness (QED) is 0.713. The number of aromatic nitrogens is 2. The largest absolute Gasteiger partial charge is 0.432 e. The van der Waals surface area contributed by atoms with Gasteiger partial charge in [-0.25, -0.2) is 13.8 Å². The highest BCUT2D eigenvalue weighted by molar-refractivity contribution is 7.15. The number of rotatable bonds is 2. The predicted molar refractivity (Wildman–Crippen MR) is 82.3 cm³/mol. The molecule has 0 aliphatic rings. The summed E-state index contributed by atoms with van der Waals surface area (Å²) in [5, 5.41) is 0.823. The molecule has 9 heteroatoms. The van der Waals surface area contributed by atoms with Crippen LogP contribution in [0.5, 0.6) is 0 Å². The number of halogens is 4. The zero-order chi connectivity index (χ0) is 17.6. The minimum Gasteiger partial charge on any atom is -0.323 e. The predicted octanol–water partition coefficient (Wildman–Crippen LogP) is 3.60. The van der Waals surface area contributed by atoms with Crippen LogP contribution in [0.25, 0.3) is 16.1 Å². The number of hydrogen-bond donors (Lipinski definition) is 1. The van der Waals surface area contributed by atoms with E-state index in [4.69, 9.17) is 5.73 Å². The molecule has 0 saturated heterocycles. The van der Waals surface area contributed by atoms with Gasteiger partial charge in [0, 0.05) is 11.4 Å². The van der Waals surface area contributed by atoms with Gasteiger partial charge < -0.3 is 5.73 Å². The van der Waals surface area contributed by atoms with E-state index < -0.39 is 29.3 Å². The molecule has 0 aliphatic heterocycles. The van der Waals surface area contributed by atoms with Gasteiger partial charge in [-0.3, -0.25) is 4.79 Å². The van der Waals surface area contributed by atoms with Crippen LogP contribution in [0.3, 0.4) is 0 Å². The molecule has 0 fully saturated rings. The summed E-state index contributed by atoms with van der Waals surface area (Å²) in [5.74, 6) is -0.617. The van der Waals surface area contributed by atoms with Gasteiger partial charge in [0.2, 0.25) is 0 Å². The maximum atomic E-state index is 13.5. The lowest BCUT2D eigenvalue weighted by Gasteiger charge is -2.13. The highest BCUT2D eigenvalue weighted by Gasteiger charge is 2.36. The van der Waals surface area contributed by atoms with Gasteiger partial charge >= 0.3 is 6.18 Å². The molecule has 2 heterocycles. The van der Waals surface area contributed by atoms with Crippen molar-refractivity contribution in [2.45, 2.75) is 19.1 Å². The van der Waals surface area contributed by atoms with Crippen LogP contribution in [-0.2, 0) is 6.18 Å². The number of thiazole rings is 1. The van der Waals surface area contributed by atoms with Crippen molar-refractivity contribution in [1.29, 1.82) is 0 Å². The van der Waals surface area contributed by atoms with Crippen molar-refractivity contribution in [3.63, 3.8) is 0 Å². The molecule has 2 aromatic heterocycles. The van der Waals surface area contributed by atoms with Crippen LogP contribution in [0.2, 0.25) is 0 Å². The van der Waals surface area contributed by atoms with E-state index in [0.29, 0.717) is 15.7 Å². The molecule has 1 atom stereocenters. The molecule has 0 bridgehead atoms. The number of benzene rings is 1. The molecule has 3 rings (SSSR count). The average Bonchev–Trinajstić information content (AvgIpc) is 2.91. The molecule has 0 spiro atoms. The molecule has 24 heavy (non-hydrogen) atoms. The van der Waals surface area contributed by atoms with E-state index in [0.717, 1.165) is 11.4 Å². The summed E-state index contributed by atoms with van der Waals surface area (Å²) >= 11 is 0.696. The third kappa shape index (κ3) is 2.69. The molecular formula is C15H11F4N3OS. The average molecular weight is 357 g/mol. The molecule has 1 aromatic carbocycles. The monoisotopic (exact) mass is 357 g/mol. The summed E-state index contributed by atoms with van der Waals surface area (Å²) in [6, 6.07) is 4.32. The first-order chi connectivity index (χ1) is 11.2. The smallest absolute Gasteiger partial charge is 0.323 e. The van der Waals surface area contributed by atoms with Crippen molar-refractivity contribution in [3.05, 3.63) is 57.2 Å². The van der Waals surface area contributed by atoms with Gasteiger partial charge in [-0.05, 0) is 24.6 Å². The Morgan fingerprint density at radius 3 is 2.62 bits per heavy atom. The van der Waals surface area contributed by atoms with E-state index in [1.807, 2.05) is 0 Å². The SMILES string of the molecule is CC(N)c1nc2scc(C(F)(F)F)n2c(=O)c1-c1cccc(F)c1. The van der Waals surface area contributed by atoms with Crippen molar-refractivity contribution in [2.75, 3.05) is 0 Å². The van der Waals surface area contributed by atoms with Gasteiger partial charge in [-0.2, -0.15) is 13.2 Å². The van der Waals surface area contributed by atoms with Crippen LogP contribution in [0.4, 0.5) is 17.6 Å². The van der Waals surface area contributed by atoms with E-state index >= 15 is 0 Å². The second kappa shape index (κ2) is 5.67. The Balaban J connectivity index is 2.44. The Kier molecular flexibility index (Phi) is 3.92. The maximum Gasteiger partial charge on any atom is 0.432 e. The Morgan fingerprint density at radius 1 is 1.33 bits per heavy atom. The first-order valence-corrected chi connectivity index (χ1v) is 7.71. The first kappa shape index (κ1) is 16.6. The summed E-state index contributed by atoms with van der Waals surface area (Å²) in [6.45, 7) is 1.55. The fourth-order valence-corrected chi connectivity index (χ4v) is 3.30. The standard InChI is InChI=1S/C15H11F4N3OS/c1-7(20)12-11(8-3-2-4-9(16)5-8)13(23)22-10(15(17,18)19)6-24-14(22)21-12/h2-7H,20H2,1H3. The van der Waals surface area contributed by atoms with Crippen LogP contribution < -0.4 is 11.3 Å². The van der Waals surface area contributed by atoms with Gasteiger partial charge in [0.05, 0.1) is 11.3 Å². The molecule has 126 valence electrons. The number of hydrogen-bond acceptors (Lipinski definition) is 4. The molecule has 0 saturated carbocycles. The molecule has 0 amide bonds. The van der Waals surface area contributed by atoms with Crippen molar-refractivity contribution in [2.24, 2.45) is 5.73 Å². The zero-order valence-electron chi connectivity index (χ0n) is 12.3. The lowest BCUT2D eigenvalue weighted by molar-refractivity contribution is -0.141. The molecule has 3 aromatic rings. The van der Waals surface area contributed by atoms with Gasteiger partial charge in [0.25, 0.3) is 5.56 Å². The van der Waals surface area contributed by atoms with E-state index in [9.17, 15) is 22.4 Å². The van der Waals surface area contributed by atoms with Crippen LogP contribution in [-0.4, -0.2) is 9.38 Å². The first-order valence-electron chi connectivity index (χ1n) is 6.83. The van der Waals surface area contributed by atoms with Gasteiger partial charge in [-0.15, -0.1) is 11.3 Å². The van der Waals surface area contributed by atoms with Crippen molar-refractivity contribution < 1.29 is 17.6 Å². The van der Waals surface area contributed by atoms with Gasteiger partial charge in [-0.1, -0.05) is 12.1 Å². The normalized spacial score (nSPS) is 13.4. The fourth-order valence-electron chi connectivity index (χ4n) is 2.41. The third-order valence-corrected chi connectivity index (χ3v) is 4.26. The Morgan fingerprint density at radius 2 is 2.04 bits per heavy atom. The highest BCUT2D eigenvalue weighted by atomic mass is 32.1. The summed E-state index contributed by atoms with van der Waals surface area (Å²) in [4.78, 5) is 16.7. The van der Waals surface area contributed by atoms with Crippen LogP contribution in [0, 0.1) is 5.82 Å². The highest BCUT2D eigenvalue weighted by Crippen LogP contribution is 2.33. The maximum absolute atomic E-state index is 13.5. The van der Waals surface area contributed by atoms with Gasteiger partial charge in [0.1, 0.15) is 11.5 Å². The van der Waals surface area contributed by atoms with E-state index in [1.165, 1.54) is 18.2 Å². The summed E-state index contributed by atoms with van der Waals surface area (Å²) in [6.07, 6.45) is -4.71. The van der Waals surface area contributed by atoms with Crippen molar-refractivity contribution in [3.8, 4) is 11.1 Å². The molecule has 2 N–H and O–H groups in total. The minimum absolute atomic E-state index is 0.111. The molecule has 4 nitrogen and oxygen atoms in total. The van der Waals surface area contributed by atoms with Crippen molar-refractivity contribution >= 4 is 16.3 Å². The lowest BCUT2D eigenvalue weighted by Crippen LogP contribution is -2.25. The summed E-state index contributed by atoms with van der Waals surface area (Å²) in [7, 11) is 0. The lowest BCUT2D eigenvalue weighted by atomic mass is 10.0. The third-order valence-electron chi connectivity index (χ3n) is 3.43. The fraction of sp³-hybridized carbons (Fsp3) is 0.200. The molecule has 0 aliphatic carbocycles. The van der Waals surface area contributed by atoms with E-state index in [1.54, 1.807) is 6.92 Å². The number of alkyl halides is 3. The Labute approximate surface area is 137 Å². The minimum atomic E-state index is -4.71. The molecule has 0 radical (unpaired) electrons. The topological polar surface area (TPSA) is 60.4 Å². The zero-order valence-corrected chi connectivity index (χ0v) is 13.1.